The first kappa shape index (κ1) is 27.7. The molecule has 4 aromatic rings. The second-order valence-corrected chi connectivity index (χ2v) is 12.2. The van der Waals surface area contributed by atoms with E-state index in [1.807, 2.05) is 37.4 Å². The van der Waals surface area contributed by atoms with E-state index in [2.05, 4.69) is 75.3 Å². The number of hydrogen-bond acceptors (Lipinski definition) is 9. The summed E-state index contributed by atoms with van der Waals surface area (Å²) in [7, 11) is 2.15. The maximum atomic E-state index is 12.7. The average molecular weight is 557 g/mol. The molecule has 10 heteroatoms. The molecule has 5 rings (SSSR count). The fraction of sp³-hybridized carbons (Fsp3) is 0.367. The first-order chi connectivity index (χ1) is 19.2. The zero-order valence-corrected chi connectivity index (χ0v) is 24.5. The highest BCUT2D eigenvalue weighted by Crippen LogP contribution is 2.27. The van der Waals surface area contributed by atoms with Gasteiger partial charge in [0.1, 0.15) is 10.7 Å². The zero-order valence-electron chi connectivity index (χ0n) is 23.7. The maximum absolute atomic E-state index is 12.7. The van der Waals surface area contributed by atoms with Gasteiger partial charge in [-0.15, -0.1) is 11.3 Å². The van der Waals surface area contributed by atoms with E-state index in [1.54, 1.807) is 12.4 Å². The van der Waals surface area contributed by atoms with Crippen molar-refractivity contribution in [3.05, 3.63) is 76.0 Å². The molecule has 3 aromatic heterocycles. The molecule has 1 amide bonds. The zero-order chi connectivity index (χ0) is 28.3. The van der Waals surface area contributed by atoms with E-state index in [9.17, 15) is 4.79 Å². The monoisotopic (exact) mass is 556 g/mol. The van der Waals surface area contributed by atoms with Gasteiger partial charge in [-0.1, -0.05) is 32.9 Å². The van der Waals surface area contributed by atoms with E-state index in [4.69, 9.17) is 4.98 Å². The molecule has 1 aliphatic rings. The Morgan fingerprint density at radius 1 is 1.00 bits per heavy atom. The van der Waals surface area contributed by atoms with Crippen molar-refractivity contribution in [2.24, 2.45) is 0 Å². The maximum Gasteiger partial charge on any atom is 0.263 e. The van der Waals surface area contributed by atoms with E-state index >= 15 is 0 Å². The van der Waals surface area contributed by atoms with Crippen LogP contribution in [0.3, 0.4) is 0 Å². The first-order valence-electron chi connectivity index (χ1n) is 13.5. The molecular weight excluding hydrogens is 520 g/mol. The van der Waals surface area contributed by atoms with Crippen molar-refractivity contribution in [2.45, 2.75) is 39.7 Å². The molecule has 0 atom stereocenters. The summed E-state index contributed by atoms with van der Waals surface area (Å²) in [4.78, 5) is 36.1. The fourth-order valence-corrected chi connectivity index (χ4v) is 5.34. The van der Waals surface area contributed by atoms with Crippen LogP contribution in [0.2, 0.25) is 0 Å². The summed E-state index contributed by atoms with van der Waals surface area (Å²) in [6.45, 7) is 12.9. The summed E-state index contributed by atoms with van der Waals surface area (Å²) in [5.41, 5.74) is 4.97. The molecule has 1 saturated heterocycles. The highest BCUT2D eigenvalue weighted by Gasteiger charge is 2.20. The van der Waals surface area contributed by atoms with Crippen LogP contribution in [0.25, 0.3) is 11.3 Å². The van der Waals surface area contributed by atoms with Crippen LogP contribution in [-0.4, -0.2) is 64.0 Å². The van der Waals surface area contributed by atoms with Crippen LogP contribution in [0, 0.1) is 6.92 Å². The topological polar surface area (TPSA) is 99.2 Å². The van der Waals surface area contributed by atoms with Gasteiger partial charge in [0.2, 0.25) is 5.95 Å². The second-order valence-electron chi connectivity index (χ2n) is 11.2. The summed E-state index contributed by atoms with van der Waals surface area (Å²) in [5.74, 6) is 1.09. The molecule has 0 radical (unpaired) electrons. The van der Waals surface area contributed by atoms with E-state index in [1.165, 1.54) is 11.3 Å². The minimum Gasteiger partial charge on any atom is -0.368 e. The Balaban J connectivity index is 1.21. The molecule has 9 nitrogen and oxygen atoms in total. The molecular formula is C30H36N8OS. The van der Waals surface area contributed by atoms with Gasteiger partial charge in [-0.05, 0) is 49.4 Å². The molecule has 40 heavy (non-hydrogen) atoms. The average Bonchev–Trinajstić information content (AvgIpc) is 3.45. The van der Waals surface area contributed by atoms with Gasteiger partial charge in [0.15, 0.2) is 0 Å². The van der Waals surface area contributed by atoms with Crippen molar-refractivity contribution in [1.82, 2.24) is 30.2 Å². The predicted octanol–water partition coefficient (Wildman–Crippen LogP) is 5.03. The number of piperazine rings is 1. The van der Waals surface area contributed by atoms with Gasteiger partial charge < -0.3 is 20.4 Å². The van der Waals surface area contributed by atoms with E-state index in [0.29, 0.717) is 23.2 Å². The van der Waals surface area contributed by atoms with Crippen LogP contribution < -0.4 is 15.5 Å². The van der Waals surface area contributed by atoms with Gasteiger partial charge in [-0.25, -0.2) is 19.9 Å². The summed E-state index contributed by atoms with van der Waals surface area (Å²) >= 11 is 1.44. The lowest BCUT2D eigenvalue weighted by Crippen LogP contribution is -2.44. The summed E-state index contributed by atoms with van der Waals surface area (Å²) in [6.07, 6.45) is 5.30. The lowest BCUT2D eigenvalue weighted by atomic mass is 9.98. The number of anilines is 3. The van der Waals surface area contributed by atoms with Crippen molar-refractivity contribution in [1.29, 1.82) is 0 Å². The smallest absolute Gasteiger partial charge is 0.263 e. The van der Waals surface area contributed by atoms with Crippen molar-refractivity contribution in [3.63, 3.8) is 0 Å². The number of rotatable bonds is 7. The number of aromatic nitrogens is 4. The molecule has 1 fully saturated rings. The number of nitrogens with zero attached hydrogens (tertiary/aromatic N) is 6. The number of nitrogens with one attached hydrogen (secondary N) is 2. The highest BCUT2D eigenvalue weighted by molar-refractivity contribution is 7.13. The van der Waals surface area contributed by atoms with E-state index in [0.717, 1.165) is 59.3 Å². The predicted molar refractivity (Wildman–Crippen MR) is 161 cm³/mol. The third-order valence-corrected chi connectivity index (χ3v) is 8.38. The molecule has 1 aromatic carbocycles. The number of thiazole rings is 1. The molecule has 208 valence electrons. The van der Waals surface area contributed by atoms with Crippen LogP contribution >= 0.6 is 11.3 Å². The summed E-state index contributed by atoms with van der Waals surface area (Å²) in [6, 6.07) is 12.1. The Bertz CT molecular complexity index is 1470. The minimum atomic E-state index is -0.104. The summed E-state index contributed by atoms with van der Waals surface area (Å²) < 4.78 is 0. The lowest BCUT2D eigenvalue weighted by Gasteiger charge is -2.33. The van der Waals surface area contributed by atoms with Crippen molar-refractivity contribution in [2.75, 3.05) is 43.4 Å². The Kier molecular flexibility index (Phi) is 8.09. The standard InChI is InChI=1S/C30H36N8OS/c1-20-16-21(6-7-22(20)17-33-27(39)25-19-34-28(40-25)30(2,3)4)24-10-11-31-29(35-24)36-26-9-8-23(18-32-26)38-14-12-37(5)13-15-38/h6-11,16,18-19H,12-15,17H2,1-5H3,(H,33,39)(H,31,32,35,36). The number of hydrogen-bond donors (Lipinski definition) is 2. The van der Waals surface area contributed by atoms with Crippen molar-refractivity contribution in [3.8, 4) is 11.3 Å². The van der Waals surface area contributed by atoms with Crippen LogP contribution in [0.15, 0.2) is 55.0 Å². The molecule has 0 spiro atoms. The number of benzene rings is 1. The number of likely N-dealkylation sites (N-methyl/N-ethyl adjacent to an activating group) is 1. The fourth-order valence-electron chi connectivity index (χ4n) is 4.45. The molecule has 0 aliphatic carbocycles. The number of aryl methyl sites for hydroxylation is 1. The third kappa shape index (κ3) is 6.63. The van der Waals surface area contributed by atoms with Crippen molar-refractivity contribution < 1.29 is 4.79 Å². The van der Waals surface area contributed by atoms with Crippen LogP contribution in [0.1, 0.15) is 46.6 Å². The normalized spacial score (nSPS) is 14.3. The van der Waals surface area contributed by atoms with Crippen LogP contribution in [0.5, 0.6) is 0 Å². The largest absolute Gasteiger partial charge is 0.368 e. The lowest BCUT2D eigenvalue weighted by molar-refractivity contribution is 0.0954. The minimum absolute atomic E-state index is 0.0717. The van der Waals surface area contributed by atoms with E-state index in [-0.39, 0.29) is 11.3 Å². The van der Waals surface area contributed by atoms with Crippen LogP contribution in [0.4, 0.5) is 17.5 Å². The molecule has 0 unspecified atom stereocenters. The Morgan fingerprint density at radius 2 is 1.80 bits per heavy atom. The Labute approximate surface area is 239 Å². The molecule has 2 N–H and O–H groups in total. The van der Waals surface area contributed by atoms with Gasteiger partial charge in [0.25, 0.3) is 5.91 Å². The molecule has 4 heterocycles. The van der Waals surface area contributed by atoms with Gasteiger partial charge in [-0.3, -0.25) is 4.79 Å². The summed E-state index contributed by atoms with van der Waals surface area (Å²) in [5, 5.41) is 7.21. The SMILES string of the molecule is Cc1cc(-c2ccnc(Nc3ccc(N4CCN(C)CC4)cn3)n2)ccc1CNC(=O)c1cnc(C(C)(C)C)s1. The number of pyridine rings is 1. The van der Waals surface area contributed by atoms with E-state index < -0.39 is 0 Å². The number of carbonyl (C=O) groups excluding carboxylic acids is 1. The quantitative estimate of drug-likeness (QED) is 0.327. The van der Waals surface area contributed by atoms with Gasteiger partial charge in [0, 0.05) is 49.9 Å². The molecule has 0 bridgehead atoms. The van der Waals surface area contributed by atoms with Gasteiger partial charge in [-0.2, -0.15) is 0 Å². The van der Waals surface area contributed by atoms with Crippen LogP contribution in [-0.2, 0) is 12.0 Å². The number of amides is 1. The number of carbonyl (C=O) groups is 1. The van der Waals surface area contributed by atoms with Gasteiger partial charge in [0.05, 0.1) is 28.8 Å². The highest BCUT2D eigenvalue weighted by atomic mass is 32.1. The van der Waals surface area contributed by atoms with Gasteiger partial charge >= 0.3 is 0 Å². The third-order valence-electron chi connectivity index (χ3n) is 6.96. The first-order valence-corrected chi connectivity index (χ1v) is 14.3. The second kappa shape index (κ2) is 11.7. The molecule has 0 saturated carbocycles. The Morgan fingerprint density at radius 3 is 2.48 bits per heavy atom. The molecule has 1 aliphatic heterocycles. The Hall–Kier alpha value is -3.89. The van der Waals surface area contributed by atoms with Crippen molar-refractivity contribution >= 4 is 34.7 Å².